The van der Waals surface area contributed by atoms with E-state index >= 15 is 0 Å². The molecule has 1 N–H and O–H groups in total. The zero-order valence-corrected chi connectivity index (χ0v) is 11.1. The summed E-state index contributed by atoms with van der Waals surface area (Å²) in [7, 11) is 0. The Bertz CT molecular complexity index is 726. The SMILES string of the molecule is O=c1[nH]n(-c2ccccc2)cc1CCc1ccccc1. The largest absolute Gasteiger partial charge is 0.268 e. The Morgan fingerprint density at radius 1 is 0.850 bits per heavy atom. The first-order valence-electron chi connectivity index (χ1n) is 6.73. The molecule has 20 heavy (non-hydrogen) atoms. The van der Waals surface area contributed by atoms with Gasteiger partial charge in [0.25, 0.3) is 5.56 Å². The summed E-state index contributed by atoms with van der Waals surface area (Å²) in [4.78, 5) is 12.0. The van der Waals surface area contributed by atoms with Crippen LogP contribution in [0.15, 0.2) is 71.7 Å². The van der Waals surface area contributed by atoms with E-state index in [0.29, 0.717) is 0 Å². The number of aromatic nitrogens is 2. The van der Waals surface area contributed by atoms with Crippen molar-refractivity contribution in [2.75, 3.05) is 0 Å². The lowest BCUT2D eigenvalue weighted by Crippen LogP contribution is -2.08. The normalized spacial score (nSPS) is 10.6. The zero-order chi connectivity index (χ0) is 13.8. The highest BCUT2D eigenvalue weighted by molar-refractivity contribution is 5.31. The van der Waals surface area contributed by atoms with E-state index in [2.05, 4.69) is 17.2 Å². The second-order valence-corrected chi connectivity index (χ2v) is 4.79. The number of para-hydroxylation sites is 1. The van der Waals surface area contributed by atoms with E-state index in [4.69, 9.17) is 0 Å². The number of benzene rings is 2. The van der Waals surface area contributed by atoms with Gasteiger partial charge in [-0.2, -0.15) is 0 Å². The van der Waals surface area contributed by atoms with Gasteiger partial charge in [0, 0.05) is 11.8 Å². The summed E-state index contributed by atoms with van der Waals surface area (Å²) in [5.74, 6) is 0. The molecule has 100 valence electrons. The van der Waals surface area contributed by atoms with Crippen molar-refractivity contribution in [2.45, 2.75) is 12.8 Å². The van der Waals surface area contributed by atoms with E-state index in [1.807, 2.05) is 54.7 Å². The summed E-state index contributed by atoms with van der Waals surface area (Å²) in [6.07, 6.45) is 3.52. The van der Waals surface area contributed by atoms with E-state index in [9.17, 15) is 4.79 Å². The van der Waals surface area contributed by atoms with Crippen molar-refractivity contribution in [1.29, 1.82) is 0 Å². The Morgan fingerprint density at radius 3 is 2.20 bits per heavy atom. The lowest BCUT2D eigenvalue weighted by Gasteiger charge is -2.00. The second kappa shape index (κ2) is 5.61. The molecule has 0 aliphatic rings. The Morgan fingerprint density at radius 2 is 1.50 bits per heavy atom. The number of nitrogens with zero attached hydrogens (tertiary/aromatic N) is 1. The summed E-state index contributed by atoms with van der Waals surface area (Å²) in [6.45, 7) is 0. The number of nitrogens with one attached hydrogen (secondary N) is 1. The second-order valence-electron chi connectivity index (χ2n) is 4.79. The average molecular weight is 264 g/mol. The van der Waals surface area contributed by atoms with Crippen molar-refractivity contribution in [2.24, 2.45) is 0 Å². The van der Waals surface area contributed by atoms with Crippen molar-refractivity contribution in [1.82, 2.24) is 9.78 Å². The predicted octanol–water partition coefficient (Wildman–Crippen LogP) is 2.95. The third-order valence-electron chi connectivity index (χ3n) is 3.36. The Kier molecular flexibility index (Phi) is 3.50. The smallest absolute Gasteiger partial charge is 0.267 e. The van der Waals surface area contributed by atoms with Gasteiger partial charge in [-0.05, 0) is 30.5 Å². The summed E-state index contributed by atoms with van der Waals surface area (Å²) >= 11 is 0. The number of hydrogen-bond donors (Lipinski definition) is 1. The summed E-state index contributed by atoms with van der Waals surface area (Å²) in [5, 5.41) is 2.86. The van der Waals surface area contributed by atoms with Crippen LogP contribution in [0.25, 0.3) is 5.69 Å². The maximum Gasteiger partial charge on any atom is 0.267 e. The van der Waals surface area contributed by atoms with Crippen molar-refractivity contribution in [3.8, 4) is 5.69 Å². The third kappa shape index (κ3) is 2.72. The molecule has 3 aromatic rings. The van der Waals surface area contributed by atoms with Gasteiger partial charge in [-0.1, -0.05) is 48.5 Å². The van der Waals surface area contributed by atoms with E-state index in [1.54, 1.807) is 4.68 Å². The molecule has 0 fully saturated rings. The van der Waals surface area contributed by atoms with Crippen LogP contribution in [0.3, 0.4) is 0 Å². The minimum absolute atomic E-state index is 0.00946. The molecule has 0 bridgehead atoms. The molecule has 2 aromatic carbocycles. The number of aromatic amines is 1. The van der Waals surface area contributed by atoms with E-state index in [0.717, 1.165) is 24.1 Å². The monoisotopic (exact) mass is 264 g/mol. The lowest BCUT2D eigenvalue weighted by atomic mass is 10.1. The number of H-pyrrole nitrogens is 1. The first-order chi connectivity index (χ1) is 9.83. The summed E-state index contributed by atoms with van der Waals surface area (Å²) < 4.78 is 1.78. The van der Waals surface area contributed by atoms with E-state index in [-0.39, 0.29) is 5.56 Å². The van der Waals surface area contributed by atoms with Gasteiger partial charge in [0.15, 0.2) is 0 Å². The highest BCUT2D eigenvalue weighted by atomic mass is 16.1. The highest BCUT2D eigenvalue weighted by Crippen LogP contribution is 2.07. The molecule has 0 saturated carbocycles. The van der Waals surface area contributed by atoms with Gasteiger partial charge in [0.05, 0.1) is 5.69 Å². The highest BCUT2D eigenvalue weighted by Gasteiger charge is 2.05. The first-order valence-corrected chi connectivity index (χ1v) is 6.73. The van der Waals surface area contributed by atoms with Crippen LogP contribution in [0.5, 0.6) is 0 Å². The van der Waals surface area contributed by atoms with Crippen molar-refractivity contribution in [3.05, 3.63) is 88.3 Å². The van der Waals surface area contributed by atoms with Crippen molar-refractivity contribution >= 4 is 0 Å². The maximum atomic E-state index is 12.0. The minimum Gasteiger partial charge on any atom is -0.268 e. The molecule has 1 heterocycles. The zero-order valence-electron chi connectivity index (χ0n) is 11.1. The maximum absolute atomic E-state index is 12.0. The fourth-order valence-electron chi connectivity index (χ4n) is 2.26. The predicted molar refractivity (Wildman–Crippen MR) is 80.2 cm³/mol. The van der Waals surface area contributed by atoms with Gasteiger partial charge in [-0.15, -0.1) is 0 Å². The van der Waals surface area contributed by atoms with E-state index in [1.165, 1.54) is 5.56 Å². The summed E-state index contributed by atoms with van der Waals surface area (Å²) in [5.41, 5.74) is 3.03. The van der Waals surface area contributed by atoms with Gasteiger partial charge < -0.3 is 0 Å². The van der Waals surface area contributed by atoms with Gasteiger partial charge in [-0.3, -0.25) is 14.6 Å². The van der Waals surface area contributed by atoms with Gasteiger partial charge in [0.2, 0.25) is 0 Å². The van der Waals surface area contributed by atoms with Crippen LogP contribution in [0.2, 0.25) is 0 Å². The molecule has 3 nitrogen and oxygen atoms in total. The number of hydrogen-bond acceptors (Lipinski definition) is 1. The average Bonchev–Trinajstić information content (AvgIpc) is 2.88. The fraction of sp³-hybridized carbons (Fsp3) is 0.118. The molecule has 0 unspecified atom stereocenters. The Labute approximate surface area is 117 Å². The molecule has 0 aliphatic heterocycles. The first kappa shape index (κ1) is 12.5. The van der Waals surface area contributed by atoms with Crippen LogP contribution in [-0.4, -0.2) is 9.78 Å². The lowest BCUT2D eigenvalue weighted by molar-refractivity contribution is 0.864. The number of aryl methyl sites for hydroxylation is 2. The molecule has 1 aromatic heterocycles. The van der Waals surface area contributed by atoms with Crippen molar-refractivity contribution < 1.29 is 0 Å². The molecule has 3 heteroatoms. The minimum atomic E-state index is -0.00946. The fourth-order valence-corrected chi connectivity index (χ4v) is 2.26. The molecule has 0 amide bonds. The van der Waals surface area contributed by atoms with Crippen LogP contribution in [0.1, 0.15) is 11.1 Å². The van der Waals surface area contributed by atoms with Gasteiger partial charge >= 0.3 is 0 Å². The molecule has 0 atom stereocenters. The van der Waals surface area contributed by atoms with Crippen LogP contribution in [0.4, 0.5) is 0 Å². The number of rotatable bonds is 4. The summed E-state index contributed by atoms with van der Waals surface area (Å²) in [6, 6.07) is 20.0. The molecule has 3 rings (SSSR count). The van der Waals surface area contributed by atoms with Crippen LogP contribution in [-0.2, 0) is 12.8 Å². The van der Waals surface area contributed by atoms with Gasteiger partial charge in [0.1, 0.15) is 0 Å². The molecular weight excluding hydrogens is 248 g/mol. The Balaban J connectivity index is 1.78. The molecular formula is C17H16N2O. The van der Waals surface area contributed by atoms with Crippen molar-refractivity contribution in [3.63, 3.8) is 0 Å². The quantitative estimate of drug-likeness (QED) is 0.773. The topological polar surface area (TPSA) is 37.8 Å². The van der Waals surface area contributed by atoms with E-state index < -0.39 is 0 Å². The third-order valence-corrected chi connectivity index (χ3v) is 3.36. The Hall–Kier alpha value is -2.55. The van der Waals surface area contributed by atoms with Crippen LogP contribution in [0, 0.1) is 0 Å². The molecule has 0 spiro atoms. The molecule has 0 radical (unpaired) electrons. The van der Waals surface area contributed by atoms with Crippen LogP contribution >= 0.6 is 0 Å². The molecule has 0 saturated heterocycles. The van der Waals surface area contributed by atoms with Crippen LogP contribution < -0.4 is 5.56 Å². The molecule has 0 aliphatic carbocycles. The van der Waals surface area contributed by atoms with Gasteiger partial charge in [-0.25, -0.2) is 0 Å². The standard InChI is InChI=1S/C17H16N2O/c20-17-15(12-11-14-7-3-1-4-8-14)13-19(18-17)16-9-5-2-6-10-16/h1-10,13H,11-12H2,(H,18,20).